The third-order valence-electron chi connectivity index (χ3n) is 4.71. The number of halogens is 1. The normalized spacial score (nSPS) is 19.2. The Bertz CT molecular complexity index is 603. The average Bonchev–Trinajstić information content (AvgIpc) is 3.09. The van der Waals surface area contributed by atoms with Crippen molar-refractivity contribution in [2.45, 2.75) is 44.8 Å². The Morgan fingerprint density at radius 2 is 2.04 bits per heavy atom. The van der Waals surface area contributed by atoms with Crippen molar-refractivity contribution in [2.24, 2.45) is 0 Å². The predicted octanol–water partition coefficient (Wildman–Crippen LogP) is 4.37. The van der Waals surface area contributed by atoms with Crippen molar-refractivity contribution in [1.29, 1.82) is 0 Å². The van der Waals surface area contributed by atoms with E-state index in [2.05, 4.69) is 41.5 Å². The topological polar surface area (TPSA) is 32.7 Å². The van der Waals surface area contributed by atoms with Gasteiger partial charge in [-0.3, -0.25) is 4.90 Å². The van der Waals surface area contributed by atoms with Crippen molar-refractivity contribution in [3.05, 3.63) is 52.2 Å². The van der Waals surface area contributed by atoms with E-state index in [0.717, 1.165) is 18.7 Å². The number of aliphatic hydroxyl groups excluding tert-OH is 1. The summed E-state index contributed by atoms with van der Waals surface area (Å²) in [5, 5.41) is 12.3. The lowest BCUT2D eigenvalue weighted by atomic mass is 10.0. The Balaban J connectivity index is 0.00000225. The molecule has 1 saturated heterocycles. The highest BCUT2D eigenvalue weighted by Gasteiger charge is 2.20. The van der Waals surface area contributed by atoms with Gasteiger partial charge in [0.05, 0.1) is 0 Å². The molecule has 1 N–H and O–H groups in total. The molecule has 0 spiro atoms. The number of aliphatic hydroxyl groups is 1. The summed E-state index contributed by atoms with van der Waals surface area (Å²) in [6.45, 7) is 4.40. The van der Waals surface area contributed by atoms with Gasteiger partial charge < -0.3 is 9.84 Å². The molecule has 2 heterocycles. The number of β-amino-alcohol motifs (C(OH)–C–C–N with tert-alkyl or cyclic N) is 1. The molecule has 0 radical (unpaired) electrons. The third kappa shape index (κ3) is 6.30. The van der Waals surface area contributed by atoms with E-state index in [1.807, 2.05) is 12.1 Å². The monoisotopic (exact) mass is 381 g/mol. The molecule has 2 unspecified atom stereocenters. The first-order valence-electron chi connectivity index (χ1n) is 8.87. The van der Waals surface area contributed by atoms with Crippen molar-refractivity contribution in [3.8, 4) is 5.75 Å². The van der Waals surface area contributed by atoms with Crippen molar-refractivity contribution in [3.63, 3.8) is 0 Å². The van der Waals surface area contributed by atoms with Crippen LogP contribution in [0.3, 0.4) is 0 Å². The molecule has 25 heavy (non-hydrogen) atoms. The van der Waals surface area contributed by atoms with Crippen LogP contribution < -0.4 is 4.74 Å². The number of ether oxygens (including phenoxy) is 1. The van der Waals surface area contributed by atoms with Crippen LogP contribution in [0.15, 0.2) is 41.8 Å². The first-order valence-corrected chi connectivity index (χ1v) is 9.75. The third-order valence-corrected chi connectivity index (χ3v) is 5.59. The summed E-state index contributed by atoms with van der Waals surface area (Å²) >= 11 is 1.78. The van der Waals surface area contributed by atoms with Gasteiger partial charge in [-0.15, -0.1) is 23.7 Å². The molecule has 1 aliphatic rings. The van der Waals surface area contributed by atoms with Gasteiger partial charge in [-0.05, 0) is 55.5 Å². The number of likely N-dealkylation sites (tertiary alicyclic amines) is 1. The molecule has 1 aromatic heterocycles. The highest BCUT2D eigenvalue weighted by molar-refractivity contribution is 7.09. The van der Waals surface area contributed by atoms with E-state index < -0.39 is 6.10 Å². The lowest BCUT2D eigenvalue weighted by molar-refractivity contribution is 0.0438. The number of thiophene rings is 1. The molecule has 0 bridgehead atoms. The zero-order valence-corrected chi connectivity index (χ0v) is 16.4. The van der Waals surface area contributed by atoms with Crippen LogP contribution in [0, 0.1) is 0 Å². The molecule has 1 aromatic carbocycles. The Labute approximate surface area is 161 Å². The van der Waals surface area contributed by atoms with Crippen LogP contribution in [0.1, 0.15) is 36.6 Å². The van der Waals surface area contributed by atoms with Crippen LogP contribution in [0.25, 0.3) is 0 Å². The summed E-state index contributed by atoms with van der Waals surface area (Å²) in [7, 11) is 0. The Hall–Kier alpha value is -1.07. The average molecular weight is 382 g/mol. The van der Waals surface area contributed by atoms with Crippen LogP contribution in [-0.4, -0.2) is 41.8 Å². The van der Waals surface area contributed by atoms with E-state index in [-0.39, 0.29) is 12.4 Å². The van der Waals surface area contributed by atoms with Crippen molar-refractivity contribution < 1.29 is 9.84 Å². The Morgan fingerprint density at radius 3 is 2.72 bits per heavy atom. The summed E-state index contributed by atoms with van der Waals surface area (Å²) in [5.74, 6) is 0.829. The zero-order chi connectivity index (χ0) is 16.8. The largest absolute Gasteiger partial charge is 0.491 e. The van der Waals surface area contributed by atoms with Gasteiger partial charge in [0.2, 0.25) is 0 Å². The van der Waals surface area contributed by atoms with Crippen molar-refractivity contribution in [2.75, 3.05) is 19.7 Å². The van der Waals surface area contributed by atoms with E-state index in [9.17, 15) is 5.11 Å². The lowest BCUT2D eigenvalue weighted by Gasteiger charge is -2.34. The number of rotatable bonds is 7. The molecule has 2 aromatic rings. The summed E-state index contributed by atoms with van der Waals surface area (Å²) in [5.41, 5.74) is 1.28. The Kier molecular flexibility index (Phi) is 8.24. The van der Waals surface area contributed by atoms with Gasteiger partial charge in [0.1, 0.15) is 18.5 Å². The van der Waals surface area contributed by atoms with Crippen molar-refractivity contribution >= 4 is 23.7 Å². The van der Waals surface area contributed by atoms with E-state index in [4.69, 9.17) is 4.74 Å². The number of hydrogen-bond donors (Lipinski definition) is 1. The lowest BCUT2D eigenvalue weighted by Crippen LogP contribution is -2.43. The van der Waals surface area contributed by atoms with Gasteiger partial charge in [-0.1, -0.05) is 24.6 Å². The molecule has 0 saturated carbocycles. The molecule has 1 aliphatic heterocycles. The molecule has 0 aliphatic carbocycles. The van der Waals surface area contributed by atoms with Gasteiger partial charge in [-0.25, -0.2) is 0 Å². The zero-order valence-electron chi connectivity index (χ0n) is 14.8. The van der Waals surface area contributed by atoms with Gasteiger partial charge in [0.15, 0.2) is 0 Å². The minimum atomic E-state index is -0.434. The quantitative estimate of drug-likeness (QED) is 0.772. The minimum absolute atomic E-state index is 0. The maximum atomic E-state index is 10.2. The van der Waals surface area contributed by atoms with Crippen LogP contribution in [0.4, 0.5) is 0 Å². The molecule has 5 heteroatoms. The molecule has 3 rings (SSSR count). The molecule has 138 valence electrons. The Morgan fingerprint density at radius 1 is 1.24 bits per heavy atom. The molecular formula is C20H28ClNO2S. The predicted molar refractivity (Wildman–Crippen MR) is 107 cm³/mol. The maximum absolute atomic E-state index is 10.2. The number of nitrogens with zero attached hydrogens (tertiary/aromatic N) is 1. The van der Waals surface area contributed by atoms with Gasteiger partial charge >= 0.3 is 0 Å². The molecular weight excluding hydrogens is 354 g/mol. The molecule has 0 amide bonds. The second-order valence-electron chi connectivity index (χ2n) is 6.70. The SMILES string of the molecule is CC1CCCCN1CC(O)COc1ccc(Cc2cccs2)cc1.Cl. The summed E-state index contributed by atoms with van der Waals surface area (Å²) in [6, 6.07) is 13.0. The first-order chi connectivity index (χ1) is 11.7. The number of hydrogen-bond acceptors (Lipinski definition) is 4. The smallest absolute Gasteiger partial charge is 0.119 e. The van der Waals surface area contributed by atoms with E-state index in [0.29, 0.717) is 19.2 Å². The van der Waals surface area contributed by atoms with Gasteiger partial charge in [-0.2, -0.15) is 0 Å². The van der Waals surface area contributed by atoms with E-state index in [1.54, 1.807) is 11.3 Å². The molecule has 1 fully saturated rings. The van der Waals surface area contributed by atoms with Crippen LogP contribution in [0.5, 0.6) is 5.75 Å². The molecule has 3 nitrogen and oxygen atoms in total. The van der Waals surface area contributed by atoms with Crippen LogP contribution in [-0.2, 0) is 6.42 Å². The number of benzene rings is 1. The second-order valence-corrected chi connectivity index (χ2v) is 7.74. The minimum Gasteiger partial charge on any atom is -0.491 e. The number of piperidine rings is 1. The fraction of sp³-hybridized carbons (Fsp3) is 0.500. The maximum Gasteiger partial charge on any atom is 0.119 e. The van der Waals surface area contributed by atoms with Gasteiger partial charge in [0.25, 0.3) is 0 Å². The van der Waals surface area contributed by atoms with Crippen LogP contribution in [0.2, 0.25) is 0 Å². The molecule has 2 atom stereocenters. The summed E-state index contributed by atoms with van der Waals surface area (Å²) in [4.78, 5) is 3.75. The highest BCUT2D eigenvalue weighted by Crippen LogP contribution is 2.19. The fourth-order valence-electron chi connectivity index (χ4n) is 3.26. The summed E-state index contributed by atoms with van der Waals surface area (Å²) in [6.07, 6.45) is 4.31. The highest BCUT2D eigenvalue weighted by atomic mass is 35.5. The fourth-order valence-corrected chi connectivity index (χ4v) is 4.00. The van der Waals surface area contributed by atoms with E-state index in [1.165, 1.54) is 29.7 Å². The van der Waals surface area contributed by atoms with Crippen LogP contribution >= 0.6 is 23.7 Å². The first kappa shape index (κ1) is 20.2. The second kappa shape index (κ2) is 10.2. The standard InChI is InChI=1S/C20H27NO2S.ClH/c1-16-5-2-3-11-21(16)14-18(22)15-23-19-9-7-17(8-10-19)13-20-6-4-12-24-20;/h4,6-10,12,16,18,22H,2-3,5,11,13-15H2,1H3;1H. The van der Waals surface area contributed by atoms with E-state index >= 15 is 0 Å². The van der Waals surface area contributed by atoms with Gasteiger partial charge in [0, 0.05) is 23.9 Å². The summed E-state index contributed by atoms with van der Waals surface area (Å²) < 4.78 is 5.76. The van der Waals surface area contributed by atoms with Crippen molar-refractivity contribution in [1.82, 2.24) is 4.90 Å².